The van der Waals surface area contributed by atoms with Gasteiger partial charge in [0.15, 0.2) is 0 Å². The molecule has 2 aromatic carbocycles. The third kappa shape index (κ3) is 4.17. The van der Waals surface area contributed by atoms with E-state index in [1.165, 1.54) is 6.07 Å². The van der Waals surface area contributed by atoms with E-state index in [2.05, 4.69) is 4.90 Å². The van der Waals surface area contributed by atoms with Crippen molar-refractivity contribution in [2.45, 2.75) is 6.54 Å². The van der Waals surface area contributed by atoms with Crippen LogP contribution < -0.4 is 4.90 Å². The van der Waals surface area contributed by atoms with Crippen LogP contribution in [0.2, 0.25) is 0 Å². The van der Waals surface area contributed by atoms with Crippen molar-refractivity contribution >= 4 is 11.6 Å². The van der Waals surface area contributed by atoms with Gasteiger partial charge in [0.05, 0.1) is 0 Å². The lowest BCUT2D eigenvalue weighted by molar-refractivity contribution is 0.0627. The highest BCUT2D eigenvalue weighted by atomic mass is 19.1. The van der Waals surface area contributed by atoms with Crippen LogP contribution in [0, 0.1) is 5.82 Å². The Balaban J connectivity index is 1.59. The van der Waals surface area contributed by atoms with Crippen LogP contribution in [0.15, 0.2) is 48.5 Å². The van der Waals surface area contributed by atoms with E-state index < -0.39 is 0 Å². The van der Waals surface area contributed by atoms with E-state index in [0.29, 0.717) is 30.8 Å². The molecule has 1 heterocycles. The van der Waals surface area contributed by atoms with Crippen molar-refractivity contribution in [3.05, 3.63) is 65.5 Å². The van der Waals surface area contributed by atoms with E-state index in [1.807, 2.05) is 60.3 Å². The van der Waals surface area contributed by atoms with Crippen LogP contribution in [-0.2, 0) is 6.54 Å². The van der Waals surface area contributed by atoms with Gasteiger partial charge in [0, 0.05) is 63.6 Å². The molecule has 0 radical (unpaired) electrons. The monoisotopic (exact) mass is 341 g/mol. The second-order valence-corrected chi connectivity index (χ2v) is 6.60. The molecule has 0 atom stereocenters. The minimum atomic E-state index is -0.165. The van der Waals surface area contributed by atoms with Gasteiger partial charge in [-0.1, -0.05) is 24.3 Å². The second-order valence-electron chi connectivity index (χ2n) is 6.60. The fourth-order valence-corrected chi connectivity index (χ4v) is 3.08. The fraction of sp³-hybridized carbons (Fsp3) is 0.350. The number of hydrogen-bond acceptors (Lipinski definition) is 3. The number of halogens is 1. The summed E-state index contributed by atoms with van der Waals surface area (Å²) in [4.78, 5) is 18.8. The molecule has 1 aliphatic rings. The summed E-state index contributed by atoms with van der Waals surface area (Å²) < 4.78 is 13.8. The zero-order chi connectivity index (χ0) is 17.8. The van der Waals surface area contributed by atoms with Crippen LogP contribution in [0.25, 0.3) is 0 Å². The van der Waals surface area contributed by atoms with Gasteiger partial charge in [-0.25, -0.2) is 4.39 Å². The smallest absolute Gasteiger partial charge is 0.254 e. The number of amides is 1. The van der Waals surface area contributed by atoms with Crippen molar-refractivity contribution in [1.29, 1.82) is 0 Å². The van der Waals surface area contributed by atoms with Crippen LogP contribution in [0.4, 0.5) is 10.1 Å². The number of nitrogens with zero attached hydrogens (tertiary/aromatic N) is 3. The zero-order valence-electron chi connectivity index (χ0n) is 14.8. The number of hydrogen-bond donors (Lipinski definition) is 0. The Morgan fingerprint density at radius 2 is 1.76 bits per heavy atom. The first-order valence-electron chi connectivity index (χ1n) is 8.57. The summed E-state index contributed by atoms with van der Waals surface area (Å²) in [6.07, 6.45) is 0. The SMILES string of the molecule is CN(C)c1cccc(C(=O)N2CCN(Cc3ccccc3F)CC2)c1. The van der Waals surface area contributed by atoms with Crippen molar-refractivity contribution in [1.82, 2.24) is 9.80 Å². The maximum atomic E-state index is 13.8. The first-order chi connectivity index (χ1) is 12.0. The first-order valence-corrected chi connectivity index (χ1v) is 8.57. The van der Waals surface area contributed by atoms with Crippen LogP contribution in [0.5, 0.6) is 0 Å². The molecule has 0 spiro atoms. The maximum Gasteiger partial charge on any atom is 0.254 e. The Kier molecular flexibility index (Phi) is 5.34. The molecule has 0 unspecified atom stereocenters. The number of benzene rings is 2. The molecule has 25 heavy (non-hydrogen) atoms. The normalized spacial score (nSPS) is 15.2. The molecule has 5 heteroatoms. The molecule has 1 aliphatic heterocycles. The van der Waals surface area contributed by atoms with Gasteiger partial charge in [0.1, 0.15) is 5.82 Å². The summed E-state index contributed by atoms with van der Waals surface area (Å²) >= 11 is 0. The average molecular weight is 341 g/mol. The van der Waals surface area contributed by atoms with Gasteiger partial charge in [-0.2, -0.15) is 0 Å². The highest BCUT2D eigenvalue weighted by Crippen LogP contribution is 2.17. The molecule has 0 bridgehead atoms. The molecule has 1 saturated heterocycles. The molecule has 132 valence electrons. The predicted molar refractivity (Wildman–Crippen MR) is 98.3 cm³/mol. The molecule has 4 nitrogen and oxygen atoms in total. The van der Waals surface area contributed by atoms with Crippen molar-refractivity contribution in [2.75, 3.05) is 45.2 Å². The van der Waals surface area contributed by atoms with Crippen molar-refractivity contribution in [3.8, 4) is 0 Å². The lowest BCUT2D eigenvalue weighted by Gasteiger charge is -2.35. The molecule has 1 amide bonds. The Hall–Kier alpha value is -2.40. The summed E-state index contributed by atoms with van der Waals surface area (Å²) in [5.41, 5.74) is 2.44. The summed E-state index contributed by atoms with van der Waals surface area (Å²) in [7, 11) is 3.93. The average Bonchev–Trinajstić information content (AvgIpc) is 2.64. The van der Waals surface area contributed by atoms with E-state index in [1.54, 1.807) is 6.07 Å². The standard InChI is InChI=1S/C20H24FN3O/c1-22(2)18-8-5-7-16(14-18)20(25)24-12-10-23(11-13-24)15-17-6-3-4-9-19(17)21/h3-9,14H,10-13,15H2,1-2H3. The van der Waals surface area contributed by atoms with Crippen LogP contribution in [0.3, 0.4) is 0 Å². The third-order valence-electron chi connectivity index (χ3n) is 4.62. The van der Waals surface area contributed by atoms with E-state index in [-0.39, 0.29) is 11.7 Å². The first kappa shape index (κ1) is 17.4. The van der Waals surface area contributed by atoms with Crippen molar-refractivity contribution in [3.63, 3.8) is 0 Å². The largest absolute Gasteiger partial charge is 0.378 e. The Morgan fingerprint density at radius 1 is 1.04 bits per heavy atom. The summed E-state index contributed by atoms with van der Waals surface area (Å²) in [6.45, 7) is 3.44. The number of carbonyl (C=O) groups excluding carboxylic acids is 1. The molecule has 0 N–H and O–H groups in total. The van der Waals surface area contributed by atoms with Gasteiger partial charge in [0.25, 0.3) is 5.91 Å². The van der Waals surface area contributed by atoms with E-state index in [0.717, 1.165) is 18.8 Å². The van der Waals surface area contributed by atoms with Gasteiger partial charge in [0.2, 0.25) is 0 Å². The molecule has 0 saturated carbocycles. The van der Waals surface area contributed by atoms with Crippen molar-refractivity contribution in [2.24, 2.45) is 0 Å². The lowest BCUT2D eigenvalue weighted by Crippen LogP contribution is -2.48. The number of piperazine rings is 1. The van der Waals surface area contributed by atoms with Crippen LogP contribution in [-0.4, -0.2) is 56.0 Å². The molecular weight excluding hydrogens is 317 g/mol. The number of rotatable bonds is 4. The summed E-state index contributed by atoms with van der Waals surface area (Å²) in [5.74, 6) is -0.101. The molecule has 2 aromatic rings. The molecular formula is C20H24FN3O. The van der Waals surface area contributed by atoms with Gasteiger partial charge < -0.3 is 9.80 Å². The second kappa shape index (κ2) is 7.66. The minimum Gasteiger partial charge on any atom is -0.378 e. The number of carbonyl (C=O) groups is 1. The zero-order valence-corrected chi connectivity index (χ0v) is 14.8. The van der Waals surface area contributed by atoms with Crippen LogP contribution in [0.1, 0.15) is 15.9 Å². The maximum absolute atomic E-state index is 13.8. The van der Waals surface area contributed by atoms with Gasteiger partial charge in [-0.05, 0) is 24.3 Å². The predicted octanol–water partition coefficient (Wildman–Crippen LogP) is 2.85. The number of anilines is 1. The molecule has 3 rings (SSSR count). The molecule has 0 aliphatic carbocycles. The van der Waals surface area contributed by atoms with Crippen LogP contribution >= 0.6 is 0 Å². The topological polar surface area (TPSA) is 26.8 Å². The summed E-state index contributed by atoms with van der Waals surface area (Å²) in [5, 5.41) is 0. The van der Waals surface area contributed by atoms with E-state index in [4.69, 9.17) is 0 Å². The Labute approximate surface area is 148 Å². The van der Waals surface area contributed by atoms with E-state index in [9.17, 15) is 9.18 Å². The highest BCUT2D eigenvalue weighted by molar-refractivity contribution is 5.95. The van der Waals surface area contributed by atoms with Gasteiger partial charge >= 0.3 is 0 Å². The Bertz CT molecular complexity index is 739. The Morgan fingerprint density at radius 3 is 2.44 bits per heavy atom. The third-order valence-corrected chi connectivity index (χ3v) is 4.62. The fourth-order valence-electron chi connectivity index (χ4n) is 3.08. The van der Waals surface area contributed by atoms with E-state index >= 15 is 0 Å². The quantitative estimate of drug-likeness (QED) is 0.856. The molecule has 0 aromatic heterocycles. The van der Waals surface area contributed by atoms with Gasteiger partial charge in [-0.3, -0.25) is 9.69 Å². The molecule has 1 fully saturated rings. The highest BCUT2D eigenvalue weighted by Gasteiger charge is 2.22. The minimum absolute atomic E-state index is 0.0641. The lowest BCUT2D eigenvalue weighted by atomic mass is 10.1. The van der Waals surface area contributed by atoms with Crippen molar-refractivity contribution < 1.29 is 9.18 Å². The van der Waals surface area contributed by atoms with Gasteiger partial charge in [-0.15, -0.1) is 0 Å². The summed E-state index contributed by atoms with van der Waals surface area (Å²) in [6, 6.07) is 14.6.